The Labute approximate surface area is 115 Å². The molecule has 20 heavy (non-hydrogen) atoms. The molecule has 1 N–H and O–H groups in total. The normalized spacial score (nSPS) is 10.8. The van der Waals surface area contributed by atoms with Gasteiger partial charge in [-0.1, -0.05) is 30.3 Å². The molecule has 3 aromatic rings. The van der Waals surface area contributed by atoms with Gasteiger partial charge in [0.05, 0.1) is 11.7 Å². The van der Waals surface area contributed by atoms with Crippen LogP contribution in [0.1, 0.15) is 21.9 Å². The average molecular weight is 267 g/mol. The number of imidazole rings is 1. The first-order chi connectivity index (χ1) is 9.75. The third-order valence-electron chi connectivity index (χ3n) is 3.20. The molecule has 0 aliphatic rings. The van der Waals surface area contributed by atoms with Crippen LogP contribution in [0.4, 0.5) is 0 Å². The summed E-state index contributed by atoms with van der Waals surface area (Å²) in [4.78, 5) is 19.4. The molecule has 0 radical (unpaired) electrons. The molecule has 3 rings (SSSR count). The molecule has 1 aromatic carbocycles. The van der Waals surface area contributed by atoms with Crippen molar-refractivity contribution < 1.29 is 9.90 Å². The zero-order valence-electron chi connectivity index (χ0n) is 10.7. The van der Waals surface area contributed by atoms with E-state index >= 15 is 0 Å². The van der Waals surface area contributed by atoms with Crippen LogP contribution in [0.25, 0.3) is 5.52 Å². The first kappa shape index (κ1) is 12.3. The summed E-state index contributed by atoms with van der Waals surface area (Å²) >= 11 is 0. The minimum absolute atomic E-state index is 0.0566. The lowest BCUT2D eigenvalue weighted by Gasteiger charge is -2.01. The van der Waals surface area contributed by atoms with Gasteiger partial charge in [-0.05, 0) is 12.0 Å². The lowest BCUT2D eigenvalue weighted by atomic mass is 10.1. The third-order valence-corrected chi connectivity index (χ3v) is 3.20. The molecule has 2 heterocycles. The van der Waals surface area contributed by atoms with Crippen molar-refractivity contribution in [3.63, 3.8) is 0 Å². The van der Waals surface area contributed by atoms with Crippen molar-refractivity contribution >= 4 is 11.5 Å². The first-order valence-electron chi connectivity index (χ1n) is 6.34. The lowest BCUT2D eigenvalue weighted by Crippen LogP contribution is -1.98. The molecule has 0 spiro atoms. The summed E-state index contributed by atoms with van der Waals surface area (Å²) in [5.41, 5.74) is 1.79. The van der Waals surface area contributed by atoms with Gasteiger partial charge in [0.15, 0.2) is 5.69 Å². The Balaban J connectivity index is 1.94. The largest absolute Gasteiger partial charge is 0.476 e. The molecule has 0 aliphatic heterocycles. The Morgan fingerprint density at radius 1 is 1.20 bits per heavy atom. The molecule has 0 bridgehead atoms. The number of aromatic nitrogens is 3. The van der Waals surface area contributed by atoms with Crippen molar-refractivity contribution in [1.82, 2.24) is 14.4 Å². The standard InChI is InChI=1S/C15H13N3O2/c19-15(20)14-12-10-16-8-9-18(12)13(17-14)7-6-11-4-2-1-3-5-11/h1-5,8-10H,6-7H2,(H,19,20). The van der Waals surface area contributed by atoms with Gasteiger partial charge in [-0.15, -0.1) is 0 Å². The summed E-state index contributed by atoms with van der Waals surface area (Å²) < 4.78 is 1.79. The van der Waals surface area contributed by atoms with Gasteiger partial charge in [0.2, 0.25) is 0 Å². The highest BCUT2D eigenvalue weighted by atomic mass is 16.4. The second kappa shape index (κ2) is 5.13. The van der Waals surface area contributed by atoms with Crippen molar-refractivity contribution in [2.45, 2.75) is 12.8 Å². The molecule has 0 aliphatic carbocycles. The number of carboxylic acid groups (broad SMARTS) is 1. The highest BCUT2D eigenvalue weighted by Gasteiger charge is 2.16. The molecule has 0 amide bonds. The number of carboxylic acids is 1. The van der Waals surface area contributed by atoms with Crippen LogP contribution in [0, 0.1) is 0 Å². The molecule has 5 heteroatoms. The van der Waals surface area contributed by atoms with Crippen molar-refractivity contribution in [3.05, 3.63) is 66.0 Å². The molecule has 0 atom stereocenters. The highest BCUT2D eigenvalue weighted by Crippen LogP contribution is 2.14. The van der Waals surface area contributed by atoms with Crippen molar-refractivity contribution in [3.8, 4) is 0 Å². The highest BCUT2D eigenvalue weighted by molar-refractivity contribution is 5.93. The van der Waals surface area contributed by atoms with Crippen molar-refractivity contribution in [2.75, 3.05) is 0 Å². The van der Waals surface area contributed by atoms with Gasteiger partial charge < -0.3 is 5.11 Å². The number of nitrogens with zero attached hydrogens (tertiary/aromatic N) is 3. The number of benzene rings is 1. The average Bonchev–Trinajstić information content (AvgIpc) is 2.85. The van der Waals surface area contributed by atoms with Crippen LogP contribution in [0.5, 0.6) is 0 Å². The molecule has 0 saturated heterocycles. The second-order valence-electron chi connectivity index (χ2n) is 4.50. The summed E-state index contributed by atoms with van der Waals surface area (Å²) in [6, 6.07) is 10.1. The number of hydrogen-bond donors (Lipinski definition) is 1. The SMILES string of the molecule is O=C(O)c1nc(CCc2ccccc2)n2ccncc12. The lowest BCUT2D eigenvalue weighted by molar-refractivity contribution is 0.0693. The van der Waals surface area contributed by atoms with Crippen LogP contribution in [-0.4, -0.2) is 25.4 Å². The van der Waals surface area contributed by atoms with E-state index in [-0.39, 0.29) is 5.69 Å². The Bertz CT molecular complexity index is 750. The predicted molar refractivity (Wildman–Crippen MR) is 73.8 cm³/mol. The Morgan fingerprint density at radius 3 is 2.75 bits per heavy atom. The number of aromatic carboxylic acids is 1. The molecule has 0 fully saturated rings. The number of rotatable bonds is 4. The molecular weight excluding hydrogens is 254 g/mol. The van der Waals surface area contributed by atoms with Crippen molar-refractivity contribution in [1.29, 1.82) is 0 Å². The van der Waals surface area contributed by atoms with Gasteiger partial charge in [0.25, 0.3) is 0 Å². The van der Waals surface area contributed by atoms with E-state index in [9.17, 15) is 9.90 Å². The molecule has 100 valence electrons. The van der Waals surface area contributed by atoms with Gasteiger partial charge >= 0.3 is 5.97 Å². The van der Waals surface area contributed by atoms with Gasteiger partial charge in [0, 0.05) is 18.8 Å². The summed E-state index contributed by atoms with van der Waals surface area (Å²) in [5.74, 6) is -0.287. The topological polar surface area (TPSA) is 67.5 Å². The fourth-order valence-electron chi connectivity index (χ4n) is 2.24. The fraction of sp³-hybridized carbons (Fsp3) is 0.133. The minimum Gasteiger partial charge on any atom is -0.476 e. The Hall–Kier alpha value is -2.69. The molecule has 2 aromatic heterocycles. The summed E-state index contributed by atoms with van der Waals surface area (Å²) in [6.45, 7) is 0. The maximum atomic E-state index is 11.2. The van der Waals surface area contributed by atoms with Crippen LogP contribution in [0.2, 0.25) is 0 Å². The van der Waals surface area contributed by atoms with Crippen LogP contribution in [0.15, 0.2) is 48.9 Å². The number of aryl methyl sites for hydroxylation is 2. The Morgan fingerprint density at radius 2 is 2.00 bits per heavy atom. The van der Waals surface area contributed by atoms with Crippen LogP contribution >= 0.6 is 0 Å². The third kappa shape index (κ3) is 2.25. The van der Waals surface area contributed by atoms with Crippen LogP contribution in [-0.2, 0) is 12.8 Å². The number of carbonyl (C=O) groups is 1. The smallest absolute Gasteiger partial charge is 0.356 e. The molecule has 0 saturated carbocycles. The molecular formula is C15H13N3O2. The first-order valence-corrected chi connectivity index (χ1v) is 6.34. The quantitative estimate of drug-likeness (QED) is 0.787. The van der Waals surface area contributed by atoms with E-state index in [0.717, 1.165) is 12.2 Å². The number of hydrogen-bond acceptors (Lipinski definition) is 3. The van der Waals surface area contributed by atoms with Gasteiger partial charge in [0.1, 0.15) is 5.82 Å². The minimum atomic E-state index is -1.03. The zero-order chi connectivity index (χ0) is 13.9. The number of fused-ring (bicyclic) bond motifs is 1. The van der Waals surface area contributed by atoms with E-state index in [0.29, 0.717) is 11.9 Å². The van der Waals surface area contributed by atoms with Crippen molar-refractivity contribution in [2.24, 2.45) is 0 Å². The Kier molecular flexibility index (Phi) is 3.16. The van der Waals surface area contributed by atoms with E-state index in [1.54, 1.807) is 16.8 Å². The maximum absolute atomic E-state index is 11.2. The van der Waals surface area contributed by atoms with E-state index in [2.05, 4.69) is 22.1 Å². The zero-order valence-corrected chi connectivity index (χ0v) is 10.7. The second-order valence-corrected chi connectivity index (χ2v) is 4.50. The van der Waals surface area contributed by atoms with E-state index in [1.165, 1.54) is 11.8 Å². The fourth-order valence-corrected chi connectivity index (χ4v) is 2.24. The summed E-state index contributed by atoms with van der Waals surface area (Å²) in [7, 11) is 0. The van der Waals surface area contributed by atoms with E-state index < -0.39 is 5.97 Å². The monoisotopic (exact) mass is 267 g/mol. The van der Waals surface area contributed by atoms with Gasteiger partial charge in [-0.25, -0.2) is 9.78 Å². The summed E-state index contributed by atoms with van der Waals surface area (Å²) in [5, 5.41) is 9.18. The van der Waals surface area contributed by atoms with Gasteiger partial charge in [-0.3, -0.25) is 9.38 Å². The summed E-state index contributed by atoms with van der Waals surface area (Å²) in [6.07, 6.45) is 6.41. The van der Waals surface area contributed by atoms with Crippen LogP contribution < -0.4 is 0 Å². The van der Waals surface area contributed by atoms with Crippen LogP contribution in [0.3, 0.4) is 0 Å². The van der Waals surface area contributed by atoms with E-state index in [4.69, 9.17) is 0 Å². The maximum Gasteiger partial charge on any atom is 0.356 e. The van der Waals surface area contributed by atoms with Gasteiger partial charge in [-0.2, -0.15) is 0 Å². The predicted octanol–water partition coefficient (Wildman–Crippen LogP) is 2.21. The molecule has 0 unspecified atom stereocenters. The molecule has 5 nitrogen and oxygen atoms in total. The van der Waals surface area contributed by atoms with E-state index in [1.807, 2.05) is 18.2 Å².